The molecule has 4 rings (SSSR count). The largest absolute Gasteiger partial charge is 0.243 e. The molecule has 1 heterocycles. The molecule has 122 valence electrons. The highest BCUT2D eigenvalue weighted by Crippen LogP contribution is 2.33. The third kappa shape index (κ3) is 2.62. The Labute approximate surface area is 142 Å². The molecule has 4 heteroatoms. The van der Waals surface area contributed by atoms with Gasteiger partial charge in [0.05, 0.1) is 4.90 Å². The molecule has 3 nitrogen and oxygen atoms in total. The van der Waals surface area contributed by atoms with E-state index in [0.717, 1.165) is 17.2 Å². The summed E-state index contributed by atoms with van der Waals surface area (Å²) < 4.78 is 27.9. The second-order valence-electron chi connectivity index (χ2n) is 6.24. The fourth-order valence-corrected chi connectivity index (χ4v) is 5.22. The van der Waals surface area contributed by atoms with Gasteiger partial charge in [0.15, 0.2) is 0 Å². The van der Waals surface area contributed by atoms with E-state index in [1.165, 1.54) is 5.56 Å². The van der Waals surface area contributed by atoms with Gasteiger partial charge in [0, 0.05) is 18.5 Å². The molecule has 0 aromatic heterocycles. The Hall–Kier alpha value is -2.17. The van der Waals surface area contributed by atoms with Gasteiger partial charge < -0.3 is 0 Å². The maximum Gasteiger partial charge on any atom is 0.243 e. The quantitative estimate of drug-likeness (QED) is 0.724. The Morgan fingerprint density at radius 1 is 0.833 bits per heavy atom. The van der Waals surface area contributed by atoms with E-state index in [2.05, 4.69) is 12.1 Å². The molecule has 0 N–H and O–H groups in total. The van der Waals surface area contributed by atoms with Crippen molar-refractivity contribution in [2.45, 2.75) is 17.2 Å². The summed E-state index contributed by atoms with van der Waals surface area (Å²) in [5.74, 6) is 0.274. The Bertz CT molecular complexity index is 962. The van der Waals surface area contributed by atoms with Gasteiger partial charge in [-0.2, -0.15) is 4.31 Å². The molecule has 1 atom stereocenters. The summed E-state index contributed by atoms with van der Waals surface area (Å²) in [7, 11) is -3.47. The van der Waals surface area contributed by atoms with E-state index in [9.17, 15) is 8.42 Å². The number of rotatable bonds is 3. The molecule has 1 aliphatic rings. The van der Waals surface area contributed by atoms with Gasteiger partial charge in [0.2, 0.25) is 10.0 Å². The predicted octanol–water partition coefficient (Wildman–Crippen LogP) is 4.02. The smallest absolute Gasteiger partial charge is 0.207 e. The molecule has 0 aliphatic carbocycles. The van der Waals surface area contributed by atoms with Crippen LogP contribution in [0.1, 0.15) is 17.9 Å². The first-order chi connectivity index (χ1) is 11.7. The molecule has 0 amide bonds. The summed E-state index contributed by atoms with van der Waals surface area (Å²) >= 11 is 0. The average molecular weight is 337 g/mol. The number of fused-ring (bicyclic) bond motifs is 1. The number of sulfonamides is 1. The van der Waals surface area contributed by atoms with Crippen LogP contribution in [0.25, 0.3) is 10.8 Å². The van der Waals surface area contributed by atoms with Crippen LogP contribution in [0.15, 0.2) is 77.7 Å². The zero-order chi connectivity index (χ0) is 16.6. The summed E-state index contributed by atoms with van der Waals surface area (Å²) in [5, 5.41) is 1.75. The van der Waals surface area contributed by atoms with Crippen LogP contribution in [-0.4, -0.2) is 25.8 Å². The van der Waals surface area contributed by atoms with Crippen LogP contribution >= 0.6 is 0 Å². The summed E-state index contributed by atoms with van der Waals surface area (Å²) in [4.78, 5) is 0.411. The third-order valence-corrected chi connectivity index (χ3v) is 6.71. The third-order valence-electron chi connectivity index (χ3n) is 4.79. The standard InChI is InChI=1S/C20H19NO2S/c22-24(23,20-12-6-10-17-9-4-5-11-19(17)20)21-14-13-18(15-21)16-7-2-1-3-8-16/h1-12,18H,13-15H2/t18-/m1/s1. The van der Waals surface area contributed by atoms with Gasteiger partial charge >= 0.3 is 0 Å². The first-order valence-corrected chi connectivity index (χ1v) is 9.63. The van der Waals surface area contributed by atoms with E-state index < -0.39 is 10.0 Å². The monoisotopic (exact) mass is 337 g/mol. The maximum atomic E-state index is 13.2. The highest BCUT2D eigenvalue weighted by Gasteiger charge is 2.33. The van der Waals surface area contributed by atoms with Gasteiger partial charge in [-0.15, -0.1) is 0 Å². The van der Waals surface area contributed by atoms with E-state index in [1.54, 1.807) is 10.4 Å². The lowest BCUT2D eigenvalue weighted by molar-refractivity contribution is 0.473. The second kappa shape index (κ2) is 6.04. The lowest BCUT2D eigenvalue weighted by atomic mass is 9.99. The molecule has 0 unspecified atom stereocenters. The average Bonchev–Trinajstić information content (AvgIpc) is 3.13. The summed E-state index contributed by atoms with van der Waals surface area (Å²) in [6.07, 6.45) is 0.869. The zero-order valence-electron chi connectivity index (χ0n) is 13.3. The van der Waals surface area contributed by atoms with Crippen LogP contribution in [0.4, 0.5) is 0 Å². The Morgan fingerprint density at radius 2 is 1.54 bits per heavy atom. The fourth-order valence-electron chi connectivity index (χ4n) is 3.50. The van der Waals surface area contributed by atoms with Gasteiger partial charge in [-0.05, 0) is 29.4 Å². The van der Waals surface area contributed by atoms with Gasteiger partial charge in [0.25, 0.3) is 0 Å². The van der Waals surface area contributed by atoms with Crippen molar-refractivity contribution in [3.63, 3.8) is 0 Å². The van der Waals surface area contributed by atoms with Crippen molar-refractivity contribution in [3.8, 4) is 0 Å². The van der Waals surface area contributed by atoms with Crippen LogP contribution in [-0.2, 0) is 10.0 Å². The molecule has 3 aromatic carbocycles. The summed E-state index contributed by atoms with van der Waals surface area (Å²) in [5.41, 5.74) is 1.22. The molecule has 0 bridgehead atoms. The van der Waals surface area contributed by atoms with Gasteiger partial charge in [-0.1, -0.05) is 66.7 Å². The topological polar surface area (TPSA) is 37.4 Å². The van der Waals surface area contributed by atoms with Gasteiger partial charge in [-0.25, -0.2) is 8.42 Å². The van der Waals surface area contributed by atoms with Crippen LogP contribution < -0.4 is 0 Å². The van der Waals surface area contributed by atoms with Crippen molar-refractivity contribution in [2.24, 2.45) is 0 Å². The summed E-state index contributed by atoms with van der Waals surface area (Å²) in [6, 6.07) is 23.3. The minimum atomic E-state index is -3.47. The molecule has 1 aliphatic heterocycles. The van der Waals surface area contributed by atoms with Crippen molar-refractivity contribution >= 4 is 20.8 Å². The molecular weight excluding hydrogens is 318 g/mol. The van der Waals surface area contributed by atoms with E-state index in [1.807, 2.05) is 54.6 Å². The van der Waals surface area contributed by atoms with E-state index >= 15 is 0 Å². The molecule has 1 fully saturated rings. The van der Waals surface area contributed by atoms with Crippen LogP contribution in [0, 0.1) is 0 Å². The van der Waals surface area contributed by atoms with Crippen LogP contribution in [0.5, 0.6) is 0 Å². The normalized spacial score (nSPS) is 18.9. The SMILES string of the molecule is O=S(=O)(c1cccc2ccccc12)N1CC[C@@H](c2ccccc2)C1. The predicted molar refractivity (Wildman–Crippen MR) is 96.5 cm³/mol. The highest BCUT2D eigenvalue weighted by atomic mass is 32.2. The van der Waals surface area contributed by atoms with Crippen molar-refractivity contribution in [3.05, 3.63) is 78.4 Å². The van der Waals surface area contributed by atoms with E-state index in [-0.39, 0.29) is 5.92 Å². The van der Waals surface area contributed by atoms with Crippen molar-refractivity contribution in [2.75, 3.05) is 13.1 Å². The van der Waals surface area contributed by atoms with Crippen molar-refractivity contribution < 1.29 is 8.42 Å². The molecule has 24 heavy (non-hydrogen) atoms. The van der Waals surface area contributed by atoms with E-state index in [0.29, 0.717) is 18.0 Å². The summed E-state index contributed by atoms with van der Waals surface area (Å²) in [6.45, 7) is 1.13. The lowest BCUT2D eigenvalue weighted by Crippen LogP contribution is -2.28. The van der Waals surface area contributed by atoms with Gasteiger partial charge in [-0.3, -0.25) is 0 Å². The van der Waals surface area contributed by atoms with Crippen LogP contribution in [0.3, 0.4) is 0 Å². The molecule has 0 radical (unpaired) electrons. The number of hydrogen-bond donors (Lipinski definition) is 0. The maximum absolute atomic E-state index is 13.2. The van der Waals surface area contributed by atoms with Crippen LogP contribution in [0.2, 0.25) is 0 Å². The number of nitrogens with zero attached hydrogens (tertiary/aromatic N) is 1. The fraction of sp³-hybridized carbons (Fsp3) is 0.200. The molecule has 0 spiro atoms. The molecular formula is C20H19NO2S. The van der Waals surface area contributed by atoms with Crippen molar-refractivity contribution in [1.29, 1.82) is 0 Å². The Kier molecular flexibility index (Phi) is 3.87. The molecule has 1 saturated heterocycles. The zero-order valence-corrected chi connectivity index (χ0v) is 14.1. The molecule has 3 aromatic rings. The minimum absolute atomic E-state index is 0.274. The number of hydrogen-bond acceptors (Lipinski definition) is 2. The van der Waals surface area contributed by atoms with Crippen molar-refractivity contribution in [1.82, 2.24) is 4.31 Å². The minimum Gasteiger partial charge on any atom is -0.207 e. The first-order valence-electron chi connectivity index (χ1n) is 8.19. The molecule has 0 saturated carbocycles. The Balaban J connectivity index is 1.68. The highest BCUT2D eigenvalue weighted by molar-refractivity contribution is 7.89. The van der Waals surface area contributed by atoms with Gasteiger partial charge in [0.1, 0.15) is 0 Å². The number of benzene rings is 3. The van der Waals surface area contributed by atoms with E-state index in [4.69, 9.17) is 0 Å². The Morgan fingerprint density at radius 3 is 2.38 bits per heavy atom. The lowest BCUT2D eigenvalue weighted by Gasteiger charge is -2.18. The first kappa shape index (κ1) is 15.4. The second-order valence-corrected chi connectivity index (χ2v) is 8.14.